The number of Topliss-reactive ketones (excluding diaryl/α,β-unsaturated/α-hetero) is 1. The van der Waals surface area contributed by atoms with Crippen LogP contribution in [0.2, 0.25) is 5.02 Å². The number of likely N-dealkylation sites (tertiary alicyclic amines) is 1. The van der Waals surface area contributed by atoms with E-state index < -0.39 is 17.7 Å². The van der Waals surface area contributed by atoms with Crippen LogP contribution in [0.5, 0.6) is 0 Å². The van der Waals surface area contributed by atoms with E-state index in [1.54, 1.807) is 22.9 Å². The fourth-order valence-electron chi connectivity index (χ4n) is 4.82. The molecule has 1 N–H and O–H groups in total. The highest BCUT2D eigenvalue weighted by atomic mass is 35.5. The molecule has 2 fully saturated rings. The number of amides is 1. The highest BCUT2D eigenvalue weighted by molar-refractivity contribution is 6.46. The number of carbonyl (C=O) groups excluding carboxylic acids is 2. The summed E-state index contributed by atoms with van der Waals surface area (Å²) in [5.41, 5.74) is 2.59. The third kappa shape index (κ3) is 4.55. The standard InChI is InChI=1S/C27H27ClN4O4/c1-18-22(17-29-32(18)21-8-3-2-4-9-21)25(33)23-24(19-6-5-7-20(28)16-19)31(27(35)26(23)34)11-10-30-12-14-36-15-13-30/h2-9,16-17,24,33H,10-15H2,1H3/t24-/m1/s1. The van der Waals surface area contributed by atoms with Crippen LogP contribution in [-0.4, -0.2) is 75.8 Å². The third-order valence-electron chi connectivity index (χ3n) is 6.73. The second-order valence-corrected chi connectivity index (χ2v) is 9.33. The van der Waals surface area contributed by atoms with E-state index in [-0.39, 0.29) is 11.3 Å². The van der Waals surface area contributed by atoms with E-state index in [2.05, 4.69) is 10.00 Å². The predicted molar refractivity (Wildman–Crippen MR) is 136 cm³/mol. The van der Waals surface area contributed by atoms with Gasteiger partial charge in [-0.3, -0.25) is 14.5 Å². The Morgan fingerprint density at radius 3 is 2.56 bits per heavy atom. The maximum Gasteiger partial charge on any atom is 0.295 e. The number of halogens is 1. The van der Waals surface area contributed by atoms with Crippen molar-refractivity contribution in [1.82, 2.24) is 19.6 Å². The van der Waals surface area contributed by atoms with Gasteiger partial charge in [-0.15, -0.1) is 0 Å². The zero-order valence-corrected chi connectivity index (χ0v) is 20.7. The first kappa shape index (κ1) is 24.2. The first-order chi connectivity index (χ1) is 17.5. The van der Waals surface area contributed by atoms with Gasteiger partial charge in [0.15, 0.2) is 0 Å². The number of benzene rings is 2. The van der Waals surface area contributed by atoms with Gasteiger partial charge in [-0.2, -0.15) is 5.10 Å². The van der Waals surface area contributed by atoms with E-state index in [1.807, 2.05) is 43.3 Å². The molecule has 1 atom stereocenters. The highest BCUT2D eigenvalue weighted by Crippen LogP contribution is 2.40. The number of aromatic nitrogens is 2. The van der Waals surface area contributed by atoms with Gasteiger partial charge in [0.2, 0.25) is 0 Å². The third-order valence-corrected chi connectivity index (χ3v) is 6.97. The molecule has 0 bridgehead atoms. The molecule has 2 aliphatic rings. The maximum absolute atomic E-state index is 13.3. The van der Waals surface area contributed by atoms with E-state index >= 15 is 0 Å². The molecule has 3 heterocycles. The molecule has 0 unspecified atom stereocenters. The second-order valence-electron chi connectivity index (χ2n) is 8.89. The predicted octanol–water partition coefficient (Wildman–Crippen LogP) is 3.59. The zero-order valence-electron chi connectivity index (χ0n) is 19.9. The topological polar surface area (TPSA) is 87.9 Å². The van der Waals surface area contributed by atoms with E-state index in [9.17, 15) is 14.7 Å². The van der Waals surface area contributed by atoms with Crippen molar-refractivity contribution in [1.29, 1.82) is 0 Å². The smallest absolute Gasteiger partial charge is 0.295 e. The molecule has 0 spiro atoms. The molecule has 8 nitrogen and oxygen atoms in total. The monoisotopic (exact) mass is 506 g/mol. The van der Waals surface area contributed by atoms with Gasteiger partial charge in [0.05, 0.1) is 48.0 Å². The van der Waals surface area contributed by atoms with Gasteiger partial charge in [0, 0.05) is 31.2 Å². The summed E-state index contributed by atoms with van der Waals surface area (Å²) >= 11 is 6.28. The number of ether oxygens (including phenoxy) is 1. The number of ketones is 1. The molecule has 186 valence electrons. The molecule has 9 heteroatoms. The van der Waals surface area contributed by atoms with Crippen LogP contribution in [0.15, 0.2) is 66.4 Å². The quantitative estimate of drug-likeness (QED) is 0.312. The molecule has 1 amide bonds. The summed E-state index contributed by atoms with van der Waals surface area (Å²) in [6, 6.07) is 15.8. The van der Waals surface area contributed by atoms with E-state index in [4.69, 9.17) is 16.3 Å². The molecule has 36 heavy (non-hydrogen) atoms. The van der Waals surface area contributed by atoms with Gasteiger partial charge < -0.3 is 14.7 Å². The van der Waals surface area contributed by atoms with Crippen LogP contribution >= 0.6 is 11.6 Å². The summed E-state index contributed by atoms with van der Waals surface area (Å²) in [7, 11) is 0. The number of aliphatic hydroxyl groups excluding tert-OH is 1. The van der Waals surface area contributed by atoms with Crippen molar-refractivity contribution < 1.29 is 19.4 Å². The number of aliphatic hydroxyl groups is 1. The van der Waals surface area contributed by atoms with Crippen molar-refractivity contribution in [2.24, 2.45) is 0 Å². The number of nitrogens with zero attached hydrogens (tertiary/aromatic N) is 4. The maximum atomic E-state index is 13.3. The molecule has 0 saturated carbocycles. The molecular weight excluding hydrogens is 480 g/mol. The van der Waals surface area contributed by atoms with Crippen LogP contribution in [0.1, 0.15) is 22.9 Å². The van der Waals surface area contributed by atoms with Crippen molar-refractivity contribution in [2.75, 3.05) is 39.4 Å². The molecule has 0 radical (unpaired) electrons. The average Bonchev–Trinajstić information content (AvgIpc) is 3.40. The Bertz CT molecular complexity index is 1310. The summed E-state index contributed by atoms with van der Waals surface area (Å²) in [5, 5.41) is 16.4. The van der Waals surface area contributed by atoms with E-state index in [0.29, 0.717) is 48.1 Å². The first-order valence-corrected chi connectivity index (χ1v) is 12.3. The van der Waals surface area contributed by atoms with Crippen LogP contribution in [0.4, 0.5) is 0 Å². The fraction of sp³-hybridized carbons (Fsp3) is 0.296. The molecule has 0 aliphatic carbocycles. The van der Waals surface area contributed by atoms with Gasteiger partial charge in [0.25, 0.3) is 11.7 Å². The number of para-hydroxylation sites is 1. The van der Waals surface area contributed by atoms with Gasteiger partial charge in [-0.05, 0) is 36.8 Å². The average molecular weight is 507 g/mol. The largest absolute Gasteiger partial charge is 0.507 e. The minimum Gasteiger partial charge on any atom is -0.507 e. The minimum absolute atomic E-state index is 0.0416. The minimum atomic E-state index is -0.760. The Morgan fingerprint density at radius 1 is 1.08 bits per heavy atom. The second kappa shape index (κ2) is 10.3. The van der Waals surface area contributed by atoms with Crippen LogP contribution in [0, 0.1) is 6.92 Å². The van der Waals surface area contributed by atoms with E-state index in [1.165, 1.54) is 11.1 Å². The van der Waals surface area contributed by atoms with Crippen molar-refractivity contribution in [3.05, 3.63) is 88.2 Å². The lowest BCUT2D eigenvalue weighted by Crippen LogP contribution is -2.42. The summed E-state index contributed by atoms with van der Waals surface area (Å²) in [4.78, 5) is 30.3. The molecule has 5 rings (SSSR count). The molecule has 2 aromatic carbocycles. The summed E-state index contributed by atoms with van der Waals surface area (Å²) in [6.07, 6.45) is 1.52. The zero-order chi connectivity index (χ0) is 25.2. The van der Waals surface area contributed by atoms with Crippen LogP contribution in [0.3, 0.4) is 0 Å². The van der Waals surface area contributed by atoms with Gasteiger partial charge >= 0.3 is 0 Å². The number of hydrogen-bond donors (Lipinski definition) is 1. The van der Waals surface area contributed by atoms with Gasteiger partial charge in [0.1, 0.15) is 5.76 Å². The van der Waals surface area contributed by atoms with Crippen LogP contribution in [0.25, 0.3) is 11.4 Å². The Labute approximate surface area is 214 Å². The number of hydrogen-bond acceptors (Lipinski definition) is 6. The number of morpholine rings is 1. The van der Waals surface area contributed by atoms with Crippen LogP contribution < -0.4 is 0 Å². The summed E-state index contributed by atoms with van der Waals surface area (Å²) < 4.78 is 7.11. The van der Waals surface area contributed by atoms with Crippen molar-refractivity contribution in [3.8, 4) is 5.69 Å². The number of rotatable bonds is 6. The fourth-order valence-corrected chi connectivity index (χ4v) is 5.02. The van der Waals surface area contributed by atoms with Gasteiger partial charge in [-0.25, -0.2) is 4.68 Å². The lowest BCUT2D eigenvalue weighted by molar-refractivity contribution is -0.140. The Balaban J connectivity index is 1.56. The SMILES string of the molecule is Cc1c(C(O)=C2C(=O)C(=O)N(CCN3CCOCC3)[C@@H]2c2cccc(Cl)c2)cnn1-c1ccccc1. The van der Waals surface area contributed by atoms with Gasteiger partial charge in [-0.1, -0.05) is 41.9 Å². The summed E-state index contributed by atoms with van der Waals surface area (Å²) in [5.74, 6) is -1.60. The summed E-state index contributed by atoms with van der Waals surface area (Å²) in [6.45, 7) is 5.56. The molecule has 3 aromatic rings. The Hall–Kier alpha value is -3.46. The Morgan fingerprint density at radius 2 is 1.83 bits per heavy atom. The van der Waals surface area contributed by atoms with Crippen LogP contribution in [-0.2, 0) is 14.3 Å². The lowest BCUT2D eigenvalue weighted by atomic mass is 9.95. The number of carbonyl (C=O) groups is 2. The van der Waals surface area contributed by atoms with E-state index in [0.717, 1.165) is 18.8 Å². The van der Waals surface area contributed by atoms with Crippen molar-refractivity contribution >= 4 is 29.1 Å². The molecule has 2 saturated heterocycles. The highest BCUT2D eigenvalue weighted by Gasteiger charge is 2.46. The lowest BCUT2D eigenvalue weighted by Gasteiger charge is -2.31. The molecular formula is C27H27ClN4O4. The van der Waals surface area contributed by atoms with Crippen molar-refractivity contribution in [3.63, 3.8) is 0 Å². The molecule has 2 aliphatic heterocycles. The first-order valence-electron chi connectivity index (χ1n) is 11.9. The molecule has 1 aromatic heterocycles. The normalized spacial score (nSPS) is 20.3. The van der Waals surface area contributed by atoms with Crippen molar-refractivity contribution in [2.45, 2.75) is 13.0 Å². The Kier molecular flexibility index (Phi) is 6.91.